The van der Waals surface area contributed by atoms with Crippen molar-refractivity contribution in [2.75, 3.05) is 0 Å². The molecule has 180 valence electrons. The van der Waals surface area contributed by atoms with E-state index in [4.69, 9.17) is 4.98 Å². The molecule has 0 aliphatic rings. The van der Waals surface area contributed by atoms with E-state index in [1.165, 1.54) is 16.5 Å². The number of alkyl halides is 6. The van der Waals surface area contributed by atoms with Gasteiger partial charge in [0.1, 0.15) is 0 Å². The summed E-state index contributed by atoms with van der Waals surface area (Å²) in [5, 5.41) is 0. The Morgan fingerprint density at radius 3 is 1.28 bits per heavy atom. The first-order valence-electron chi connectivity index (χ1n) is 10.7. The van der Waals surface area contributed by atoms with Crippen LogP contribution in [0.5, 0.6) is 0 Å². The van der Waals surface area contributed by atoms with E-state index in [2.05, 4.69) is 9.97 Å². The van der Waals surface area contributed by atoms with Crippen LogP contribution in [0.3, 0.4) is 0 Å². The number of imidazole rings is 3. The van der Waals surface area contributed by atoms with Gasteiger partial charge in [0, 0.05) is 0 Å². The van der Waals surface area contributed by atoms with Gasteiger partial charge in [-0.3, -0.25) is 0 Å². The third-order valence-electron chi connectivity index (χ3n) is 6.32. The van der Waals surface area contributed by atoms with Crippen LogP contribution >= 0.6 is 0 Å². The number of aryl methyl sites for hydroxylation is 1. The summed E-state index contributed by atoms with van der Waals surface area (Å²) >= 11 is 0. The van der Waals surface area contributed by atoms with Gasteiger partial charge in [-0.05, 0) is 61.0 Å². The van der Waals surface area contributed by atoms with Crippen molar-refractivity contribution in [1.82, 2.24) is 28.2 Å². The fraction of sp³-hybridized carbons (Fsp3) is 0.125. The molecule has 0 atom stereocenters. The average molecular weight is 498 g/mol. The van der Waals surface area contributed by atoms with Gasteiger partial charge in [0.2, 0.25) is 17.3 Å². The number of halogens is 6. The summed E-state index contributed by atoms with van der Waals surface area (Å²) in [6, 6.07) is 11.9. The largest absolute Gasteiger partial charge is 0.416 e. The first-order chi connectivity index (χ1) is 17.0. The Morgan fingerprint density at radius 1 is 0.528 bits per heavy atom. The maximum Gasteiger partial charge on any atom is 0.416 e. The minimum atomic E-state index is -4.57. The molecule has 0 amide bonds. The molecule has 0 radical (unpaired) electrons. The van der Waals surface area contributed by atoms with Gasteiger partial charge in [0.15, 0.2) is 0 Å². The number of hydrogen-bond donors (Lipinski definition) is 0. The Hall–Kier alpha value is -4.35. The van der Waals surface area contributed by atoms with Crippen molar-refractivity contribution in [1.29, 1.82) is 0 Å². The molecular weight excluding hydrogens is 486 g/mol. The highest BCUT2D eigenvalue weighted by Gasteiger charge is 2.33. The predicted molar refractivity (Wildman–Crippen MR) is 120 cm³/mol. The number of hydrogen-bond acceptors (Lipinski definition) is 3. The van der Waals surface area contributed by atoms with Gasteiger partial charge < -0.3 is 0 Å². The quantitative estimate of drug-likeness (QED) is 0.226. The van der Waals surface area contributed by atoms with Gasteiger partial charge in [0.05, 0.1) is 44.2 Å². The molecule has 0 unspecified atom stereocenters. The van der Waals surface area contributed by atoms with Gasteiger partial charge in [-0.1, -0.05) is 6.07 Å². The Bertz CT molecular complexity index is 2020. The zero-order valence-corrected chi connectivity index (χ0v) is 18.1. The molecule has 0 fully saturated rings. The van der Waals surface area contributed by atoms with E-state index in [-0.39, 0.29) is 22.6 Å². The molecule has 12 heteroatoms. The molecule has 36 heavy (non-hydrogen) atoms. The van der Waals surface area contributed by atoms with E-state index in [1.807, 2.05) is 25.1 Å². The molecule has 0 aliphatic carbocycles. The van der Waals surface area contributed by atoms with E-state index in [9.17, 15) is 26.3 Å². The monoisotopic (exact) mass is 498 g/mol. The second kappa shape index (κ2) is 6.45. The van der Waals surface area contributed by atoms with Crippen LogP contribution < -0.4 is 0 Å². The van der Waals surface area contributed by atoms with Crippen LogP contribution in [0.4, 0.5) is 26.3 Å². The maximum atomic E-state index is 13.4. The fourth-order valence-electron chi connectivity index (χ4n) is 4.71. The minimum absolute atomic E-state index is 0.0659. The molecule has 7 rings (SSSR count). The highest BCUT2D eigenvalue weighted by Crippen LogP contribution is 2.35. The molecule has 3 aromatic carbocycles. The Kier molecular flexibility index (Phi) is 3.76. The molecule has 0 aliphatic heterocycles. The molecule has 0 saturated heterocycles. The fourth-order valence-corrected chi connectivity index (χ4v) is 4.71. The third-order valence-corrected chi connectivity index (χ3v) is 6.32. The zero-order valence-electron chi connectivity index (χ0n) is 18.1. The number of aromatic nitrogens is 6. The van der Waals surface area contributed by atoms with E-state index in [0.29, 0.717) is 27.8 Å². The molecule has 4 aromatic heterocycles. The number of nitrogens with zero attached hydrogens (tertiary/aromatic N) is 6. The molecule has 7 aromatic rings. The van der Waals surface area contributed by atoms with Gasteiger partial charge in [-0.15, -0.1) is 0 Å². The van der Waals surface area contributed by atoms with Crippen LogP contribution in [0, 0.1) is 6.92 Å². The first kappa shape index (κ1) is 21.0. The van der Waals surface area contributed by atoms with Crippen molar-refractivity contribution in [2.24, 2.45) is 0 Å². The summed E-state index contributed by atoms with van der Waals surface area (Å²) in [4.78, 5) is 13.7. The lowest BCUT2D eigenvalue weighted by Crippen LogP contribution is -2.05. The minimum Gasteiger partial charge on any atom is -0.247 e. The number of benzene rings is 3. The van der Waals surface area contributed by atoms with Crippen LogP contribution in [-0.2, 0) is 12.4 Å². The van der Waals surface area contributed by atoms with Crippen molar-refractivity contribution in [2.45, 2.75) is 19.3 Å². The molecule has 6 nitrogen and oxygen atoms in total. The van der Waals surface area contributed by atoms with E-state index >= 15 is 0 Å². The van der Waals surface area contributed by atoms with Crippen LogP contribution in [0.15, 0.2) is 54.6 Å². The van der Waals surface area contributed by atoms with E-state index in [0.717, 1.165) is 29.8 Å². The molecular formula is C24H12F6N6. The van der Waals surface area contributed by atoms with Crippen molar-refractivity contribution in [3.8, 4) is 0 Å². The number of fused-ring (bicyclic) bond motifs is 12. The van der Waals surface area contributed by atoms with Crippen LogP contribution in [0.2, 0.25) is 0 Å². The second-order valence-corrected chi connectivity index (χ2v) is 8.64. The lowest BCUT2D eigenvalue weighted by Gasteiger charge is -2.07. The molecule has 0 spiro atoms. The number of rotatable bonds is 0. The molecule has 0 saturated carbocycles. The van der Waals surface area contributed by atoms with Crippen molar-refractivity contribution in [3.05, 3.63) is 71.3 Å². The van der Waals surface area contributed by atoms with Gasteiger partial charge >= 0.3 is 12.4 Å². The van der Waals surface area contributed by atoms with Crippen LogP contribution in [0.25, 0.3) is 50.4 Å². The van der Waals surface area contributed by atoms with Crippen molar-refractivity contribution >= 4 is 50.4 Å². The molecule has 0 N–H and O–H groups in total. The summed E-state index contributed by atoms with van der Waals surface area (Å²) in [6.45, 7) is 1.89. The lowest BCUT2D eigenvalue weighted by molar-refractivity contribution is -0.138. The van der Waals surface area contributed by atoms with Gasteiger partial charge in [-0.2, -0.15) is 26.3 Å². The molecule has 4 heterocycles. The third kappa shape index (κ3) is 2.72. The summed E-state index contributed by atoms with van der Waals surface area (Å²) in [5.41, 5.74) is 1.28. The summed E-state index contributed by atoms with van der Waals surface area (Å²) < 4.78 is 85.1. The van der Waals surface area contributed by atoms with Crippen molar-refractivity contribution < 1.29 is 26.3 Å². The summed E-state index contributed by atoms with van der Waals surface area (Å²) in [7, 11) is 0. The van der Waals surface area contributed by atoms with Crippen LogP contribution in [-0.4, -0.2) is 28.2 Å². The molecule has 0 bridgehead atoms. The van der Waals surface area contributed by atoms with Gasteiger partial charge in [-0.25, -0.2) is 28.2 Å². The van der Waals surface area contributed by atoms with Crippen molar-refractivity contribution in [3.63, 3.8) is 0 Å². The lowest BCUT2D eigenvalue weighted by atomic mass is 10.2. The smallest absolute Gasteiger partial charge is 0.247 e. The van der Waals surface area contributed by atoms with Crippen LogP contribution in [0.1, 0.15) is 16.7 Å². The zero-order chi connectivity index (χ0) is 25.1. The summed E-state index contributed by atoms with van der Waals surface area (Å²) in [5.74, 6) is 0.748. The summed E-state index contributed by atoms with van der Waals surface area (Å²) in [6.07, 6.45) is -9.13. The normalized spacial score (nSPS) is 13.4. The Balaban J connectivity index is 1.74. The Morgan fingerprint density at radius 2 is 0.889 bits per heavy atom. The topological polar surface area (TPSA) is 51.9 Å². The average Bonchev–Trinajstić information content (AvgIpc) is 3.46. The van der Waals surface area contributed by atoms with E-state index < -0.39 is 23.5 Å². The first-order valence-corrected chi connectivity index (χ1v) is 10.7. The highest BCUT2D eigenvalue weighted by molar-refractivity contribution is 5.91. The maximum absolute atomic E-state index is 13.4. The SMILES string of the molecule is Cc1ccc2c(c1)nc1n2c2nc3cc(C(F)(F)F)ccc3n2c2nc3cc(C(F)(F)F)ccc3n12. The van der Waals surface area contributed by atoms with E-state index in [1.54, 1.807) is 8.80 Å². The second-order valence-electron chi connectivity index (χ2n) is 8.64. The Labute approximate surface area is 196 Å². The standard InChI is InChI=1S/C24H12F6N6/c1-11-2-5-17-14(8-11)31-20-34(17)21-32-16-10-13(24(28,29)30)4-7-19(16)36(21)22-33-15-9-12(23(25,26)27)3-6-18(15)35(20)22/h2-10H,1H3. The highest BCUT2D eigenvalue weighted by atomic mass is 19.4. The van der Waals surface area contributed by atoms with Gasteiger partial charge in [0.25, 0.3) is 0 Å². The predicted octanol–water partition coefficient (Wildman–Crippen LogP) is 6.44.